The largest absolute Gasteiger partial charge is 0.333 e. The standard InChI is InChI=1S/C13H7N5O4/c19-16-9-5-2-1-4-8(9)13-15-12(17-22-13)11-10(18(20)21)6-3-7-14-11/h1-7H. The molecule has 0 radical (unpaired) electrons. The molecule has 3 rings (SSSR count). The van der Waals surface area contributed by atoms with Crippen molar-refractivity contribution < 1.29 is 9.45 Å². The Bertz CT molecular complexity index is 861. The Kier molecular flexibility index (Phi) is 3.36. The summed E-state index contributed by atoms with van der Waals surface area (Å²) in [5.74, 6) is -0.00634. The smallest absolute Gasteiger partial charge is 0.298 e. The van der Waals surface area contributed by atoms with Crippen LogP contribution in [0, 0.1) is 15.0 Å². The topological polar surface area (TPSA) is 124 Å². The van der Waals surface area contributed by atoms with Crippen molar-refractivity contribution in [2.75, 3.05) is 0 Å². The molecule has 1 aromatic carbocycles. The zero-order valence-corrected chi connectivity index (χ0v) is 10.9. The normalized spacial score (nSPS) is 10.4. The van der Waals surface area contributed by atoms with E-state index < -0.39 is 4.92 Å². The monoisotopic (exact) mass is 297 g/mol. The Balaban J connectivity index is 2.09. The summed E-state index contributed by atoms with van der Waals surface area (Å²) in [6.07, 6.45) is 1.39. The van der Waals surface area contributed by atoms with E-state index in [2.05, 4.69) is 20.3 Å². The summed E-state index contributed by atoms with van der Waals surface area (Å²) in [7, 11) is 0. The highest BCUT2D eigenvalue weighted by Gasteiger charge is 2.22. The maximum Gasteiger partial charge on any atom is 0.298 e. The van der Waals surface area contributed by atoms with Crippen molar-refractivity contribution in [3.63, 3.8) is 0 Å². The molecule has 0 aliphatic rings. The van der Waals surface area contributed by atoms with E-state index in [9.17, 15) is 15.0 Å². The quantitative estimate of drug-likeness (QED) is 0.411. The number of aromatic nitrogens is 3. The van der Waals surface area contributed by atoms with Crippen molar-refractivity contribution in [1.82, 2.24) is 15.1 Å². The fourth-order valence-corrected chi connectivity index (χ4v) is 1.88. The first-order valence-corrected chi connectivity index (χ1v) is 6.07. The minimum atomic E-state index is -0.584. The van der Waals surface area contributed by atoms with Gasteiger partial charge in [0, 0.05) is 12.3 Å². The van der Waals surface area contributed by atoms with Gasteiger partial charge in [-0.05, 0) is 23.4 Å². The summed E-state index contributed by atoms with van der Waals surface area (Å²) in [5, 5.41) is 17.6. The molecule has 108 valence electrons. The third kappa shape index (κ3) is 2.30. The van der Waals surface area contributed by atoms with Crippen LogP contribution in [0.25, 0.3) is 23.0 Å². The minimum absolute atomic E-state index is 0.0148. The van der Waals surface area contributed by atoms with Gasteiger partial charge in [0.1, 0.15) is 5.69 Å². The Morgan fingerprint density at radius 2 is 2.00 bits per heavy atom. The average Bonchev–Trinajstić information content (AvgIpc) is 3.04. The van der Waals surface area contributed by atoms with E-state index in [0.717, 1.165) is 0 Å². The Labute approximate surface area is 122 Å². The Morgan fingerprint density at radius 3 is 2.77 bits per heavy atom. The van der Waals surface area contributed by atoms with Crippen LogP contribution in [0.2, 0.25) is 0 Å². The molecule has 0 spiro atoms. The van der Waals surface area contributed by atoms with Crippen LogP contribution in [-0.2, 0) is 0 Å². The molecule has 9 heteroatoms. The first-order valence-electron chi connectivity index (χ1n) is 6.07. The van der Waals surface area contributed by atoms with Gasteiger partial charge in [-0.15, -0.1) is 4.91 Å². The number of hydrogen-bond donors (Lipinski definition) is 0. The molecule has 0 aliphatic carbocycles. The van der Waals surface area contributed by atoms with Crippen molar-refractivity contribution in [3.8, 4) is 23.0 Å². The third-order valence-corrected chi connectivity index (χ3v) is 2.85. The van der Waals surface area contributed by atoms with Crippen LogP contribution in [0.5, 0.6) is 0 Å². The first-order chi connectivity index (χ1) is 10.7. The van der Waals surface area contributed by atoms with E-state index in [1.165, 1.54) is 24.4 Å². The van der Waals surface area contributed by atoms with Crippen LogP contribution in [0.1, 0.15) is 0 Å². The molecule has 0 amide bonds. The number of nitro groups is 1. The van der Waals surface area contributed by atoms with Crippen LogP contribution >= 0.6 is 0 Å². The van der Waals surface area contributed by atoms with Crippen molar-refractivity contribution in [1.29, 1.82) is 0 Å². The number of rotatable bonds is 4. The molecule has 3 aromatic rings. The van der Waals surface area contributed by atoms with Crippen molar-refractivity contribution in [2.24, 2.45) is 5.18 Å². The molecule has 0 atom stereocenters. The molecular formula is C13H7N5O4. The molecule has 0 unspecified atom stereocenters. The number of pyridine rings is 1. The zero-order valence-electron chi connectivity index (χ0n) is 10.9. The van der Waals surface area contributed by atoms with Gasteiger partial charge >= 0.3 is 0 Å². The van der Waals surface area contributed by atoms with E-state index >= 15 is 0 Å². The van der Waals surface area contributed by atoms with Crippen LogP contribution in [0.3, 0.4) is 0 Å². The predicted octanol–water partition coefficient (Wildman–Crippen LogP) is 3.10. The van der Waals surface area contributed by atoms with E-state index in [1.807, 2.05) is 0 Å². The summed E-state index contributed by atoms with van der Waals surface area (Å²) >= 11 is 0. The molecule has 2 heterocycles. The molecule has 0 saturated carbocycles. The SMILES string of the molecule is O=Nc1ccccc1-c1nc(-c2ncccc2[N+](=O)[O-])no1. The third-order valence-electron chi connectivity index (χ3n) is 2.85. The van der Waals surface area contributed by atoms with Gasteiger partial charge in [-0.2, -0.15) is 4.98 Å². The predicted molar refractivity (Wildman–Crippen MR) is 75.1 cm³/mol. The molecule has 9 nitrogen and oxygen atoms in total. The maximum absolute atomic E-state index is 11.0. The molecule has 0 saturated heterocycles. The second-order valence-electron chi connectivity index (χ2n) is 4.16. The summed E-state index contributed by atoms with van der Waals surface area (Å²) in [5.41, 5.74) is 0.221. The molecular weight excluding hydrogens is 290 g/mol. The number of hydrogen-bond acceptors (Lipinski definition) is 8. The highest BCUT2D eigenvalue weighted by Crippen LogP contribution is 2.31. The molecule has 0 fully saturated rings. The van der Waals surface area contributed by atoms with E-state index in [1.54, 1.807) is 18.2 Å². The van der Waals surface area contributed by atoms with E-state index in [4.69, 9.17) is 4.52 Å². The molecule has 0 N–H and O–H groups in total. The van der Waals surface area contributed by atoms with Gasteiger partial charge in [-0.25, -0.2) is 4.98 Å². The number of nitrogens with zero attached hydrogens (tertiary/aromatic N) is 5. The average molecular weight is 297 g/mol. The number of benzene rings is 1. The van der Waals surface area contributed by atoms with Crippen LogP contribution in [0.4, 0.5) is 11.4 Å². The lowest BCUT2D eigenvalue weighted by Crippen LogP contribution is -1.95. The van der Waals surface area contributed by atoms with Gasteiger partial charge in [0.2, 0.25) is 5.82 Å². The lowest BCUT2D eigenvalue weighted by atomic mass is 10.2. The van der Waals surface area contributed by atoms with Crippen LogP contribution in [0.15, 0.2) is 52.3 Å². The lowest BCUT2D eigenvalue weighted by Gasteiger charge is -1.96. The fraction of sp³-hybridized carbons (Fsp3) is 0. The molecule has 0 aliphatic heterocycles. The van der Waals surface area contributed by atoms with Crippen LogP contribution in [-0.4, -0.2) is 20.0 Å². The lowest BCUT2D eigenvalue weighted by molar-refractivity contribution is -0.384. The fourth-order valence-electron chi connectivity index (χ4n) is 1.88. The first kappa shape index (κ1) is 13.5. The second-order valence-corrected chi connectivity index (χ2v) is 4.16. The second kappa shape index (κ2) is 5.48. The van der Waals surface area contributed by atoms with Crippen molar-refractivity contribution in [3.05, 3.63) is 57.6 Å². The summed E-state index contributed by atoms with van der Waals surface area (Å²) < 4.78 is 5.06. The maximum atomic E-state index is 11.0. The molecule has 0 bridgehead atoms. The molecule has 2 aromatic heterocycles. The summed E-state index contributed by atoms with van der Waals surface area (Å²) in [6, 6.07) is 9.13. The summed E-state index contributed by atoms with van der Waals surface area (Å²) in [6.45, 7) is 0. The Morgan fingerprint density at radius 1 is 1.18 bits per heavy atom. The molecule has 22 heavy (non-hydrogen) atoms. The van der Waals surface area contributed by atoms with Crippen molar-refractivity contribution in [2.45, 2.75) is 0 Å². The Hall–Kier alpha value is -3.49. The highest BCUT2D eigenvalue weighted by molar-refractivity contribution is 5.71. The van der Waals surface area contributed by atoms with Crippen LogP contribution < -0.4 is 0 Å². The highest BCUT2D eigenvalue weighted by atomic mass is 16.6. The van der Waals surface area contributed by atoms with Gasteiger partial charge in [-0.1, -0.05) is 17.3 Å². The van der Waals surface area contributed by atoms with Gasteiger partial charge in [0.25, 0.3) is 11.6 Å². The van der Waals surface area contributed by atoms with Gasteiger partial charge in [0.05, 0.1) is 10.5 Å². The van der Waals surface area contributed by atoms with Gasteiger partial charge < -0.3 is 4.52 Å². The van der Waals surface area contributed by atoms with E-state index in [-0.39, 0.29) is 28.8 Å². The van der Waals surface area contributed by atoms with Crippen molar-refractivity contribution >= 4 is 11.4 Å². The number of nitroso groups, excluding NO2 is 1. The summed E-state index contributed by atoms with van der Waals surface area (Å²) in [4.78, 5) is 29.2. The minimum Gasteiger partial charge on any atom is -0.333 e. The van der Waals surface area contributed by atoms with E-state index in [0.29, 0.717) is 5.56 Å². The van der Waals surface area contributed by atoms with Gasteiger partial charge in [0.15, 0.2) is 5.69 Å². The zero-order chi connectivity index (χ0) is 15.5. The van der Waals surface area contributed by atoms with Gasteiger partial charge in [-0.3, -0.25) is 10.1 Å².